The van der Waals surface area contributed by atoms with Crippen LogP contribution in [0.2, 0.25) is 0 Å². The zero-order valence-electron chi connectivity index (χ0n) is 7.93. The molecule has 78 valence electrons. The summed E-state index contributed by atoms with van der Waals surface area (Å²) in [6.07, 6.45) is 0. The van der Waals surface area contributed by atoms with Crippen molar-refractivity contribution in [3.8, 4) is 0 Å². The minimum Gasteiger partial charge on any atom is -0.396 e. The van der Waals surface area contributed by atoms with E-state index in [1.165, 1.54) is 6.07 Å². The van der Waals surface area contributed by atoms with Gasteiger partial charge in [-0.05, 0) is 12.1 Å². The van der Waals surface area contributed by atoms with Crippen molar-refractivity contribution in [3.05, 3.63) is 18.2 Å². The van der Waals surface area contributed by atoms with Crippen LogP contribution < -0.4 is 10.6 Å². The minimum atomic E-state index is -3.41. The summed E-state index contributed by atoms with van der Waals surface area (Å²) in [6, 6.07) is 4.89. The van der Waals surface area contributed by atoms with Crippen molar-refractivity contribution in [2.75, 3.05) is 24.7 Å². The van der Waals surface area contributed by atoms with Gasteiger partial charge < -0.3 is 15.2 Å². The lowest BCUT2D eigenvalue weighted by Gasteiger charge is -2.16. The quantitative estimate of drug-likeness (QED) is 0.742. The topological polar surface area (TPSA) is 66.6 Å². The van der Waals surface area contributed by atoms with Gasteiger partial charge in [0.2, 0.25) is 0 Å². The van der Waals surface area contributed by atoms with Gasteiger partial charge in [-0.2, -0.15) is 0 Å². The molecular weight excluding hydrogens is 220 g/mol. The highest BCUT2D eigenvalue weighted by molar-refractivity contribution is 8.29. The molecule has 14 heavy (non-hydrogen) atoms. The van der Waals surface area contributed by atoms with Gasteiger partial charge in [0.1, 0.15) is 0 Å². The van der Waals surface area contributed by atoms with Crippen LogP contribution in [0.4, 0.5) is 11.4 Å². The fourth-order valence-corrected chi connectivity index (χ4v) is 2.22. The fraction of sp³-hybridized carbons (Fsp3) is 0.250. The highest BCUT2D eigenvalue weighted by atomic mass is 32.8. The third-order valence-corrected chi connectivity index (χ3v) is 3.25. The fourth-order valence-electron chi connectivity index (χ4n) is 1.15. The van der Waals surface area contributed by atoms with Crippen LogP contribution >= 0.6 is 0 Å². The molecule has 0 bridgehead atoms. The van der Waals surface area contributed by atoms with E-state index in [-0.39, 0.29) is 10.6 Å². The van der Waals surface area contributed by atoms with Gasteiger partial charge in [0, 0.05) is 25.3 Å². The second kappa shape index (κ2) is 3.72. The molecule has 1 rings (SSSR count). The molecule has 3 N–H and O–H groups in total. The monoisotopic (exact) mass is 232 g/mol. The minimum absolute atomic E-state index is 0.110. The molecule has 0 spiro atoms. The van der Waals surface area contributed by atoms with E-state index in [9.17, 15) is 8.76 Å². The van der Waals surface area contributed by atoms with E-state index in [2.05, 4.69) is 11.2 Å². The maximum absolute atomic E-state index is 11.3. The van der Waals surface area contributed by atoms with Gasteiger partial charge in [-0.3, -0.25) is 0 Å². The summed E-state index contributed by atoms with van der Waals surface area (Å²) in [5.41, 5.74) is 6.68. The van der Waals surface area contributed by atoms with Crippen molar-refractivity contribution in [1.29, 1.82) is 0 Å². The largest absolute Gasteiger partial charge is 0.396 e. The molecule has 0 aliphatic rings. The SMILES string of the molecule is CN(C)c1cccc(S(=O)(O)=S)c1N. The summed E-state index contributed by atoms with van der Waals surface area (Å²) in [5, 5.41) is 0. The van der Waals surface area contributed by atoms with Crippen molar-refractivity contribution in [1.82, 2.24) is 0 Å². The molecule has 0 aliphatic carbocycles. The van der Waals surface area contributed by atoms with Gasteiger partial charge in [-0.25, -0.2) is 4.21 Å². The first-order valence-corrected chi connectivity index (χ1v) is 6.31. The number of hydrogen-bond donors (Lipinski definition) is 2. The number of hydrogen-bond acceptors (Lipinski definition) is 4. The number of nitrogens with two attached hydrogens (primary N) is 1. The Kier molecular flexibility index (Phi) is 2.98. The molecule has 0 amide bonds. The van der Waals surface area contributed by atoms with E-state index in [1.807, 2.05) is 0 Å². The summed E-state index contributed by atoms with van der Waals surface area (Å²) in [4.78, 5) is 1.87. The zero-order valence-corrected chi connectivity index (χ0v) is 9.56. The first-order chi connectivity index (χ1) is 6.34. The normalized spacial score (nSPS) is 14.8. The molecule has 0 saturated carbocycles. The van der Waals surface area contributed by atoms with Gasteiger partial charge in [-0.15, -0.1) is 0 Å². The van der Waals surface area contributed by atoms with Crippen LogP contribution in [0.15, 0.2) is 23.1 Å². The predicted octanol–water partition coefficient (Wildman–Crippen LogP) is 0.913. The smallest absolute Gasteiger partial charge is 0.173 e. The lowest BCUT2D eigenvalue weighted by atomic mass is 10.2. The average molecular weight is 232 g/mol. The number of benzene rings is 1. The molecule has 0 aromatic heterocycles. The van der Waals surface area contributed by atoms with Gasteiger partial charge in [0.05, 0.1) is 16.3 Å². The third-order valence-electron chi connectivity index (χ3n) is 1.80. The number of rotatable bonds is 2. The van der Waals surface area contributed by atoms with Gasteiger partial charge >= 0.3 is 0 Å². The van der Waals surface area contributed by atoms with Crippen LogP contribution in [-0.4, -0.2) is 22.9 Å². The van der Waals surface area contributed by atoms with Crippen LogP contribution in [0.1, 0.15) is 0 Å². The molecule has 4 nitrogen and oxygen atoms in total. The summed E-state index contributed by atoms with van der Waals surface area (Å²) < 4.78 is 20.5. The Balaban J connectivity index is 3.43. The maximum atomic E-state index is 11.3. The van der Waals surface area contributed by atoms with E-state index in [1.54, 1.807) is 31.1 Å². The Morgan fingerprint density at radius 1 is 1.50 bits per heavy atom. The lowest BCUT2D eigenvalue weighted by molar-refractivity contribution is 0.562. The van der Waals surface area contributed by atoms with E-state index in [4.69, 9.17) is 5.73 Å². The van der Waals surface area contributed by atoms with Crippen LogP contribution in [-0.2, 0) is 20.0 Å². The molecular formula is C8H12N2O2S2. The predicted molar refractivity (Wildman–Crippen MR) is 61.6 cm³/mol. The van der Waals surface area contributed by atoms with E-state index in [0.717, 1.165) is 0 Å². The first-order valence-electron chi connectivity index (χ1n) is 3.87. The Morgan fingerprint density at radius 2 is 2.07 bits per heavy atom. The summed E-state index contributed by atoms with van der Waals surface area (Å²) in [6.45, 7) is 0. The molecule has 1 unspecified atom stereocenters. The highest BCUT2D eigenvalue weighted by Gasteiger charge is 2.13. The number of anilines is 2. The zero-order chi connectivity index (χ0) is 10.9. The molecule has 1 atom stereocenters. The van der Waals surface area contributed by atoms with Crippen molar-refractivity contribution < 1.29 is 8.76 Å². The number of nitrogens with zero attached hydrogens (tertiary/aromatic N) is 1. The van der Waals surface area contributed by atoms with Crippen LogP contribution in [0.3, 0.4) is 0 Å². The Hall–Kier alpha value is -0.850. The number of nitrogen functional groups attached to an aromatic ring is 1. The van der Waals surface area contributed by atoms with Crippen molar-refractivity contribution >= 4 is 31.3 Å². The Labute approximate surface area is 88.2 Å². The third kappa shape index (κ3) is 2.14. The standard InChI is InChI=1S/C8H12N2O2S2/c1-10(2)6-4-3-5-7(8(6)9)14(11,12)13/h3-5H,9H2,1-2H3,(H,11,12,13). The van der Waals surface area contributed by atoms with E-state index in [0.29, 0.717) is 5.69 Å². The van der Waals surface area contributed by atoms with Crippen molar-refractivity contribution in [2.45, 2.75) is 4.90 Å². The van der Waals surface area contributed by atoms with Gasteiger partial charge in [0.15, 0.2) is 8.77 Å². The van der Waals surface area contributed by atoms with E-state index >= 15 is 0 Å². The first kappa shape index (κ1) is 11.2. The van der Waals surface area contributed by atoms with E-state index < -0.39 is 8.77 Å². The molecule has 0 radical (unpaired) electrons. The average Bonchev–Trinajstić information content (AvgIpc) is 2.01. The molecule has 0 heterocycles. The molecule has 1 aromatic carbocycles. The van der Waals surface area contributed by atoms with Gasteiger partial charge in [-0.1, -0.05) is 6.07 Å². The molecule has 0 saturated heterocycles. The number of para-hydroxylation sites is 1. The molecule has 0 aliphatic heterocycles. The maximum Gasteiger partial charge on any atom is 0.173 e. The summed E-state index contributed by atoms with van der Waals surface area (Å²) in [7, 11) is 0.199. The van der Waals surface area contributed by atoms with Gasteiger partial charge in [0.25, 0.3) is 0 Å². The highest BCUT2D eigenvalue weighted by Crippen LogP contribution is 2.28. The molecule has 0 fully saturated rings. The lowest BCUT2D eigenvalue weighted by Crippen LogP contribution is -2.13. The summed E-state index contributed by atoms with van der Waals surface area (Å²) >= 11 is 4.47. The van der Waals surface area contributed by atoms with Crippen LogP contribution in [0.25, 0.3) is 0 Å². The van der Waals surface area contributed by atoms with Crippen molar-refractivity contribution in [3.63, 3.8) is 0 Å². The second-order valence-electron chi connectivity index (χ2n) is 3.06. The Morgan fingerprint density at radius 3 is 2.50 bits per heavy atom. The van der Waals surface area contributed by atoms with Crippen LogP contribution in [0.5, 0.6) is 0 Å². The molecule has 6 heteroatoms. The Bertz CT molecular complexity index is 441. The van der Waals surface area contributed by atoms with Crippen LogP contribution in [0, 0.1) is 0 Å². The molecule has 1 aromatic rings. The van der Waals surface area contributed by atoms with Crippen molar-refractivity contribution in [2.24, 2.45) is 0 Å². The summed E-state index contributed by atoms with van der Waals surface area (Å²) in [5.74, 6) is 0. The second-order valence-corrected chi connectivity index (χ2v) is 5.80.